The molecule has 1 saturated heterocycles. The van der Waals surface area contributed by atoms with Crippen LogP contribution in [0, 0.1) is 5.92 Å². The summed E-state index contributed by atoms with van der Waals surface area (Å²) in [6, 6.07) is 0. The third-order valence-corrected chi connectivity index (χ3v) is 7.37. The predicted octanol–water partition coefficient (Wildman–Crippen LogP) is 9.93. The van der Waals surface area contributed by atoms with Crippen LogP contribution in [-0.4, -0.2) is 11.6 Å². The van der Waals surface area contributed by atoms with E-state index >= 15 is 0 Å². The number of unbranched alkanes of at least 4 members (excludes halogenated alkanes) is 18. The molecule has 1 aliphatic rings. The van der Waals surface area contributed by atoms with Crippen LogP contribution in [0.25, 0.3) is 0 Å². The molecule has 0 bridgehead atoms. The Balaban J connectivity index is 2.11. The first-order chi connectivity index (χ1) is 15.1. The average Bonchev–Trinajstić information content (AvgIpc) is 3.04. The van der Waals surface area contributed by atoms with Gasteiger partial charge in [-0.2, -0.15) is 0 Å². The van der Waals surface area contributed by atoms with E-state index in [9.17, 15) is 4.79 Å². The number of ether oxygens (including phenoxy) is 1. The molecular formula is C29H56O2. The Morgan fingerprint density at radius 3 is 1.23 bits per heavy atom. The lowest BCUT2D eigenvalue weighted by molar-refractivity contribution is -0.151. The molecule has 2 nitrogen and oxygen atoms in total. The lowest BCUT2D eigenvalue weighted by atomic mass is 9.85. The summed E-state index contributed by atoms with van der Waals surface area (Å²) in [4.78, 5) is 12.1. The number of hydrogen-bond donors (Lipinski definition) is 0. The van der Waals surface area contributed by atoms with Gasteiger partial charge in [0.2, 0.25) is 0 Å². The van der Waals surface area contributed by atoms with Crippen molar-refractivity contribution in [1.29, 1.82) is 0 Å². The molecule has 1 rings (SSSR count). The summed E-state index contributed by atoms with van der Waals surface area (Å²) in [6.45, 7) is 6.62. The van der Waals surface area contributed by atoms with Gasteiger partial charge in [0.05, 0.1) is 5.92 Å². The standard InChI is InChI=1S/C29H56O2/c1-4-6-8-10-12-14-16-18-20-22-24-29(26-27(3)28(30)31-29)25-23-21-19-17-15-13-11-9-7-5-2/h27H,4-26H2,1-3H3. The van der Waals surface area contributed by atoms with Gasteiger partial charge in [-0.1, -0.05) is 136 Å². The summed E-state index contributed by atoms with van der Waals surface area (Å²) in [7, 11) is 0. The number of esters is 1. The summed E-state index contributed by atoms with van der Waals surface area (Å²) >= 11 is 0. The van der Waals surface area contributed by atoms with E-state index in [0.717, 1.165) is 19.3 Å². The molecule has 0 amide bonds. The highest BCUT2D eigenvalue weighted by molar-refractivity contribution is 5.74. The van der Waals surface area contributed by atoms with Crippen LogP contribution >= 0.6 is 0 Å². The Bertz CT molecular complexity index is 393. The molecular weight excluding hydrogens is 380 g/mol. The van der Waals surface area contributed by atoms with Gasteiger partial charge in [-0.3, -0.25) is 4.79 Å². The average molecular weight is 437 g/mol. The van der Waals surface area contributed by atoms with E-state index in [4.69, 9.17) is 4.74 Å². The smallest absolute Gasteiger partial charge is 0.309 e. The Labute approximate surface area is 195 Å². The Hall–Kier alpha value is -0.530. The lowest BCUT2D eigenvalue weighted by Gasteiger charge is -2.28. The monoisotopic (exact) mass is 436 g/mol. The van der Waals surface area contributed by atoms with Gasteiger partial charge in [-0.15, -0.1) is 0 Å². The summed E-state index contributed by atoms with van der Waals surface area (Å²) < 4.78 is 5.99. The fourth-order valence-electron chi connectivity index (χ4n) is 5.30. The topological polar surface area (TPSA) is 26.3 Å². The minimum absolute atomic E-state index is 0.0548. The highest BCUT2D eigenvalue weighted by Crippen LogP contribution is 2.39. The SMILES string of the molecule is CCCCCCCCCCCCC1(CCCCCCCCCCCC)CC(C)C(=O)O1. The normalized spacial score (nSPS) is 17.9. The molecule has 1 unspecified atom stereocenters. The molecule has 1 aliphatic heterocycles. The van der Waals surface area contributed by atoms with Crippen molar-refractivity contribution in [3.8, 4) is 0 Å². The summed E-state index contributed by atoms with van der Waals surface area (Å²) in [6.07, 6.45) is 30.5. The van der Waals surface area contributed by atoms with Crippen molar-refractivity contribution in [1.82, 2.24) is 0 Å². The van der Waals surface area contributed by atoms with E-state index < -0.39 is 0 Å². The fourth-order valence-corrected chi connectivity index (χ4v) is 5.30. The van der Waals surface area contributed by atoms with E-state index in [1.54, 1.807) is 0 Å². The number of hydrogen-bond acceptors (Lipinski definition) is 2. The van der Waals surface area contributed by atoms with Gasteiger partial charge >= 0.3 is 5.97 Å². The molecule has 0 radical (unpaired) electrons. The van der Waals surface area contributed by atoms with Crippen LogP contribution in [0.1, 0.15) is 168 Å². The van der Waals surface area contributed by atoms with Crippen molar-refractivity contribution in [2.24, 2.45) is 5.92 Å². The molecule has 1 fully saturated rings. The Kier molecular flexibility index (Phi) is 17.5. The highest BCUT2D eigenvalue weighted by atomic mass is 16.6. The second-order valence-corrected chi connectivity index (χ2v) is 10.6. The first-order valence-corrected chi connectivity index (χ1v) is 14.4. The molecule has 0 aliphatic carbocycles. The second-order valence-electron chi connectivity index (χ2n) is 10.6. The largest absolute Gasteiger partial charge is 0.459 e. The van der Waals surface area contributed by atoms with Crippen LogP contribution in [0.2, 0.25) is 0 Å². The van der Waals surface area contributed by atoms with Gasteiger partial charge in [-0.25, -0.2) is 0 Å². The molecule has 31 heavy (non-hydrogen) atoms. The summed E-state index contributed by atoms with van der Waals surface area (Å²) in [5, 5.41) is 0. The van der Waals surface area contributed by atoms with Gasteiger partial charge in [0.15, 0.2) is 0 Å². The molecule has 0 spiro atoms. The van der Waals surface area contributed by atoms with Gasteiger partial charge in [0.25, 0.3) is 0 Å². The first-order valence-electron chi connectivity index (χ1n) is 14.4. The van der Waals surface area contributed by atoms with E-state index in [0.29, 0.717) is 0 Å². The third kappa shape index (κ3) is 14.3. The van der Waals surface area contributed by atoms with Crippen LogP contribution in [0.3, 0.4) is 0 Å². The minimum atomic E-state index is -0.128. The van der Waals surface area contributed by atoms with Crippen LogP contribution in [0.15, 0.2) is 0 Å². The third-order valence-electron chi connectivity index (χ3n) is 7.37. The zero-order valence-electron chi connectivity index (χ0n) is 21.7. The second kappa shape index (κ2) is 19.0. The number of carbonyl (C=O) groups is 1. The van der Waals surface area contributed by atoms with Crippen LogP contribution in [0.4, 0.5) is 0 Å². The number of cyclic esters (lactones) is 1. The van der Waals surface area contributed by atoms with E-state index in [-0.39, 0.29) is 17.5 Å². The summed E-state index contributed by atoms with van der Waals surface area (Å²) in [5.74, 6) is 0.158. The summed E-state index contributed by atoms with van der Waals surface area (Å²) in [5.41, 5.74) is -0.128. The van der Waals surface area contributed by atoms with Crippen molar-refractivity contribution < 1.29 is 9.53 Å². The van der Waals surface area contributed by atoms with Crippen molar-refractivity contribution in [3.05, 3.63) is 0 Å². The van der Waals surface area contributed by atoms with E-state index in [1.807, 2.05) is 0 Å². The van der Waals surface area contributed by atoms with E-state index in [2.05, 4.69) is 20.8 Å². The molecule has 0 saturated carbocycles. The number of carbonyl (C=O) groups excluding carboxylic acids is 1. The quantitative estimate of drug-likeness (QED) is 0.125. The van der Waals surface area contributed by atoms with Crippen molar-refractivity contribution >= 4 is 5.97 Å². The minimum Gasteiger partial charge on any atom is -0.459 e. The van der Waals surface area contributed by atoms with Crippen molar-refractivity contribution in [2.75, 3.05) is 0 Å². The van der Waals surface area contributed by atoms with Gasteiger partial charge in [0, 0.05) is 6.42 Å². The van der Waals surface area contributed by atoms with Crippen molar-refractivity contribution in [2.45, 2.75) is 174 Å². The van der Waals surface area contributed by atoms with Gasteiger partial charge < -0.3 is 4.74 Å². The Morgan fingerprint density at radius 1 is 0.613 bits per heavy atom. The molecule has 2 heteroatoms. The van der Waals surface area contributed by atoms with Crippen LogP contribution in [-0.2, 0) is 9.53 Å². The number of rotatable bonds is 22. The maximum atomic E-state index is 12.1. The molecule has 0 N–H and O–H groups in total. The van der Waals surface area contributed by atoms with Gasteiger partial charge in [0.1, 0.15) is 5.60 Å². The van der Waals surface area contributed by atoms with E-state index in [1.165, 1.54) is 128 Å². The van der Waals surface area contributed by atoms with Gasteiger partial charge in [-0.05, 0) is 25.7 Å². The van der Waals surface area contributed by atoms with Crippen molar-refractivity contribution in [3.63, 3.8) is 0 Å². The maximum Gasteiger partial charge on any atom is 0.309 e. The van der Waals surface area contributed by atoms with Crippen LogP contribution < -0.4 is 0 Å². The maximum absolute atomic E-state index is 12.1. The predicted molar refractivity (Wildman–Crippen MR) is 136 cm³/mol. The van der Waals surface area contributed by atoms with Crippen LogP contribution in [0.5, 0.6) is 0 Å². The molecule has 1 atom stereocenters. The molecule has 0 aromatic rings. The lowest BCUT2D eigenvalue weighted by Crippen LogP contribution is -2.28. The zero-order valence-corrected chi connectivity index (χ0v) is 21.7. The fraction of sp³-hybridized carbons (Fsp3) is 0.966. The zero-order chi connectivity index (χ0) is 22.6. The highest BCUT2D eigenvalue weighted by Gasteiger charge is 2.43. The molecule has 0 aromatic heterocycles. The first kappa shape index (κ1) is 28.5. The Morgan fingerprint density at radius 2 is 0.935 bits per heavy atom. The molecule has 184 valence electrons. The molecule has 0 aromatic carbocycles. The molecule has 1 heterocycles.